The van der Waals surface area contributed by atoms with Crippen LogP contribution < -0.4 is 10.6 Å². The van der Waals surface area contributed by atoms with Crippen LogP contribution >= 0.6 is 22.7 Å². The van der Waals surface area contributed by atoms with Crippen molar-refractivity contribution in [1.82, 2.24) is 10.6 Å². The second-order valence-electron chi connectivity index (χ2n) is 4.89. The van der Waals surface area contributed by atoms with Gasteiger partial charge in [-0.1, -0.05) is 6.07 Å². The third-order valence-electron chi connectivity index (χ3n) is 3.03. The highest BCUT2D eigenvalue weighted by Crippen LogP contribution is 2.07. The molecule has 0 atom stereocenters. The molecule has 2 heterocycles. The van der Waals surface area contributed by atoms with E-state index in [1.54, 1.807) is 22.8 Å². The number of amides is 2. The first-order valence-corrected chi connectivity index (χ1v) is 9.22. The zero-order valence-corrected chi connectivity index (χ0v) is 14.6. The topological polar surface area (TPSA) is 84.5 Å². The summed E-state index contributed by atoms with van der Waals surface area (Å²) in [6, 6.07) is 5.56. The lowest BCUT2D eigenvalue weighted by Crippen LogP contribution is -2.28. The van der Waals surface area contributed by atoms with Crippen LogP contribution in [0, 0.1) is 0 Å². The summed E-state index contributed by atoms with van der Waals surface area (Å²) in [6.45, 7) is 0.530. The van der Waals surface area contributed by atoms with Crippen LogP contribution in [0.25, 0.3) is 0 Å². The summed E-state index contributed by atoms with van der Waals surface area (Å²) in [7, 11) is 0. The van der Waals surface area contributed by atoms with E-state index in [9.17, 15) is 14.4 Å². The minimum Gasteiger partial charge on any atom is -0.456 e. The van der Waals surface area contributed by atoms with Crippen molar-refractivity contribution >= 4 is 40.5 Å². The molecule has 128 valence electrons. The Labute approximate surface area is 147 Å². The van der Waals surface area contributed by atoms with Crippen molar-refractivity contribution in [3.8, 4) is 0 Å². The molecule has 0 aliphatic carbocycles. The van der Waals surface area contributed by atoms with Gasteiger partial charge in [0.05, 0.1) is 6.54 Å². The summed E-state index contributed by atoms with van der Waals surface area (Å²) in [5, 5.41) is 10.9. The SMILES string of the molecule is O=C(COC(=O)CCCNC(=O)c1ccsc1)NCc1cccs1. The van der Waals surface area contributed by atoms with E-state index in [4.69, 9.17) is 4.74 Å². The Hall–Kier alpha value is -2.19. The van der Waals surface area contributed by atoms with Crippen molar-refractivity contribution in [2.45, 2.75) is 19.4 Å². The molecule has 0 saturated carbocycles. The van der Waals surface area contributed by atoms with E-state index >= 15 is 0 Å². The maximum absolute atomic E-state index is 11.7. The standard InChI is InChI=1S/C16H18N2O4S2/c19-14(18-9-13-3-2-7-24-13)10-22-15(20)4-1-6-17-16(21)12-5-8-23-11-12/h2-3,5,7-8,11H,1,4,6,9-10H2,(H,17,21)(H,18,19). The van der Waals surface area contributed by atoms with Crippen molar-refractivity contribution in [3.63, 3.8) is 0 Å². The lowest BCUT2D eigenvalue weighted by Gasteiger charge is -2.06. The normalized spacial score (nSPS) is 10.2. The van der Waals surface area contributed by atoms with Gasteiger partial charge in [0.2, 0.25) is 0 Å². The summed E-state index contributed by atoms with van der Waals surface area (Å²) in [5.41, 5.74) is 0.616. The van der Waals surface area contributed by atoms with Gasteiger partial charge in [0.15, 0.2) is 6.61 Å². The molecule has 2 aromatic rings. The molecule has 2 rings (SSSR count). The van der Waals surface area contributed by atoms with Crippen molar-refractivity contribution in [1.29, 1.82) is 0 Å². The van der Waals surface area contributed by atoms with Gasteiger partial charge in [0.1, 0.15) is 0 Å². The maximum Gasteiger partial charge on any atom is 0.306 e. The first kappa shape index (κ1) is 18.2. The van der Waals surface area contributed by atoms with E-state index in [2.05, 4.69) is 10.6 Å². The quantitative estimate of drug-likeness (QED) is 0.526. The van der Waals surface area contributed by atoms with E-state index < -0.39 is 5.97 Å². The number of carbonyl (C=O) groups excluding carboxylic acids is 3. The van der Waals surface area contributed by atoms with Gasteiger partial charge in [-0.05, 0) is 29.3 Å². The molecular formula is C16H18N2O4S2. The van der Waals surface area contributed by atoms with E-state index in [1.165, 1.54) is 11.3 Å². The highest BCUT2D eigenvalue weighted by atomic mass is 32.1. The van der Waals surface area contributed by atoms with Gasteiger partial charge in [-0.2, -0.15) is 11.3 Å². The van der Waals surface area contributed by atoms with Crippen molar-refractivity contribution in [2.75, 3.05) is 13.2 Å². The Bertz CT molecular complexity index is 654. The van der Waals surface area contributed by atoms with Gasteiger partial charge in [0, 0.05) is 28.8 Å². The molecule has 0 saturated heterocycles. The Balaban J connectivity index is 1.51. The van der Waals surface area contributed by atoms with Crippen LogP contribution in [0.15, 0.2) is 34.3 Å². The average Bonchev–Trinajstić information content (AvgIpc) is 3.28. The van der Waals surface area contributed by atoms with Gasteiger partial charge in [-0.3, -0.25) is 14.4 Å². The second-order valence-corrected chi connectivity index (χ2v) is 6.70. The number of hydrogen-bond acceptors (Lipinski definition) is 6. The molecule has 2 aromatic heterocycles. The van der Waals surface area contributed by atoms with Crippen molar-refractivity contribution in [2.24, 2.45) is 0 Å². The van der Waals surface area contributed by atoms with Crippen LogP contribution in [0.3, 0.4) is 0 Å². The van der Waals surface area contributed by atoms with Gasteiger partial charge in [0.25, 0.3) is 11.8 Å². The highest BCUT2D eigenvalue weighted by Gasteiger charge is 2.09. The average molecular weight is 366 g/mol. The summed E-state index contributed by atoms with van der Waals surface area (Å²) in [6.07, 6.45) is 0.619. The fourth-order valence-corrected chi connectivity index (χ4v) is 3.08. The third-order valence-corrected chi connectivity index (χ3v) is 4.59. The summed E-state index contributed by atoms with van der Waals surface area (Å²) in [4.78, 5) is 35.8. The highest BCUT2D eigenvalue weighted by molar-refractivity contribution is 7.09. The molecule has 8 heteroatoms. The minimum absolute atomic E-state index is 0.155. The first-order valence-electron chi connectivity index (χ1n) is 7.40. The largest absolute Gasteiger partial charge is 0.456 e. The molecule has 0 aliphatic rings. The molecule has 0 radical (unpaired) electrons. The molecule has 0 aromatic carbocycles. The Morgan fingerprint density at radius 1 is 1.12 bits per heavy atom. The molecule has 0 aliphatic heterocycles. The zero-order valence-electron chi connectivity index (χ0n) is 12.9. The minimum atomic E-state index is -0.453. The first-order chi connectivity index (χ1) is 11.6. The molecule has 0 bridgehead atoms. The number of thiophene rings is 2. The Morgan fingerprint density at radius 3 is 2.71 bits per heavy atom. The van der Waals surface area contributed by atoms with Gasteiger partial charge in [-0.15, -0.1) is 11.3 Å². The van der Waals surface area contributed by atoms with Crippen LogP contribution in [-0.2, 0) is 20.9 Å². The predicted octanol–water partition coefficient (Wildman–Crippen LogP) is 2.18. The maximum atomic E-state index is 11.7. The molecule has 0 unspecified atom stereocenters. The van der Waals surface area contributed by atoms with Gasteiger partial charge in [-0.25, -0.2) is 0 Å². The number of hydrogen-bond donors (Lipinski definition) is 2. The summed E-state index contributed by atoms with van der Waals surface area (Å²) >= 11 is 3.00. The number of ether oxygens (including phenoxy) is 1. The van der Waals surface area contributed by atoms with Crippen LogP contribution in [0.4, 0.5) is 0 Å². The zero-order chi connectivity index (χ0) is 17.2. The monoisotopic (exact) mass is 366 g/mol. The lowest BCUT2D eigenvalue weighted by atomic mass is 10.3. The van der Waals surface area contributed by atoms with E-state index in [0.717, 1.165) is 4.88 Å². The predicted molar refractivity (Wildman–Crippen MR) is 93.0 cm³/mol. The Morgan fingerprint density at radius 2 is 2.00 bits per heavy atom. The van der Waals surface area contributed by atoms with Crippen LogP contribution in [0.1, 0.15) is 28.1 Å². The van der Waals surface area contributed by atoms with Gasteiger partial charge < -0.3 is 15.4 Å². The van der Waals surface area contributed by atoms with Crippen molar-refractivity contribution < 1.29 is 19.1 Å². The smallest absolute Gasteiger partial charge is 0.306 e. The van der Waals surface area contributed by atoms with E-state index in [0.29, 0.717) is 25.1 Å². The van der Waals surface area contributed by atoms with Gasteiger partial charge >= 0.3 is 5.97 Å². The van der Waals surface area contributed by atoms with Crippen LogP contribution in [0.5, 0.6) is 0 Å². The third kappa shape index (κ3) is 6.51. The number of carbonyl (C=O) groups is 3. The molecule has 0 fully saturated rings. The fourth-order valence-electron chi connectivity index (χ4n) is 1.80. The molecule has 2 amide bonds. The number of nitrogens with one attached hydrogen (secondary N) is 2. The second kappa shape index (κ2) is 9.84. The molecular weight excluding hydrogens is 348 g/mol. The number of rotatable bonds is 9. The van der Waals surface area contributed by atoms with Crippen LogP contribution in [0.2, 0.25) is 0 Å². The van der Waals surface area contributed by atoms with Crippen LogP contribution in [-0.4, -0.2) is 30.9 Å². The molecule has 0 spiro atoms. The molecule has 6 nitrogen and oxygen atoms in total. The van der Waals surface area contributed by atoms with Crippen molar-refractivity contribution in [3.05, 3.63) is 44.8 Å². The van der Waals surface area contributed by atoms with E-state index in [-0.39, 0.29) is 24.8 Å². The van der Waals surface area contributed by atoms with E-state index in [1.807, 2.05) is 22.9 Å². The molecule has 24 heavy (non-hydrogen) atoms. The molecule has 2 N–H and O–H groups in total. The lowest BCUT2D eigenvalue weighted by molar-refractivity contribution is -0.148. The number of esters is 1. The Kier molecular flexibility index (Phi) is 7.44. The summed E-state index contributed by atoms with van der Waals surface area (Å²) < 4.78 is 4.89. The fraction of sp³-hybridized carbons (Fsp3) is 0.312. The summed E-state index contributed by atoms with van der Waals surface area (Å²) in [5.74, 6) is -0.939.